The van der Waals surface area contributed by atoms with Gasteiger partial charge in [-0.3, -0.25) is 0 Å². The maximum absolute atomic E-state index is 10.8. The molecule has 7 heteroatoms. The van der Waals surface area contributed by atoms with Crippen molar-refractivity contribution in [3.8, 4) is 0 Å². The maximum atomic E-state index is 10.8. The van der Waals surface area contributed by atoms with Gasteiger partial charge in [0.25, 0.3) is 0 Å². The topological polar surface area (TPSA) is 93.1 Å². The SMILES string of the molecule is C=CC(=O)OC(CCCC)OP(=O)(O)O. The van der Waals surface area contributed by atoms with Crippen LogP contribution in [0.4, 0.5) is 0 Å². The van der Waals surface area contributed by atoms with E-state index in [1.54, 1.807) is 0 Å². The number of phosphoric acid groups is 1. The van der Waals surface area contributed by atoms with Crippen LogP contribution in [0.5, 0.6) is 0 Å². The van der Waals surface area contributed by atoms with Crippen LogP contribution in [0, 0.1) is 0 Å². The van der Waals surface area contributed by atoms with Gasteiger partial charge in [0.2, 0.25) is 6.29 Å². The van der Waals surface area contributed by atoms with Crippen LogP contribution in [0.3, 0.4) is 0 Å². The molecular weight excluding hydrogens is 223 g/mol. The van der Waals surface area contributed by atoms with Crippen LogP contribution >= 0.6 is 7.82 Å². The molecule has 1 atom stereocenters. The number of carbonyl (C=O) groups excluding carboxylic acids is 1. The van der Waals surface area contributed by atoms with E-state index in [2.05, 4.69) is 15.8 Å². The van der Waals surface area contributed by atoms with Crippen LogP contribution in [0.25, 0.3) is 0 Å². The summed E-state index contributed by atoms with van der Waals surface area (Å²) in [5.41, 5.74) is 0. The van der Waals surface area contributed by atoms with Crippen molar-refractivity contribution in [2.75, 3.05) is 0 Å². The fraction of sp³-hybridized carbons (Fsp3) is 0.625. The number of unbranched alkanes of at least 4 members (excludes halogenated alkanes) is 1. The number of rotatable bonds is 7. The summed E-state index contributed by atoms with van der Waals surface area (Å²) in [5.74, 6) is -0.774. The number of hydrogen-bond acceptors (Lipinski definition) is 4. The van der Waals surface area contributed by atoms with E-state index in [4.69, 9.17) is 9.79 Å². The Morgan fingerprint density at radius 1 is 1.60 bits per heavy atom. The lowest BCUT2D eigenvalue weighted by atomic mass is 10.2. The molecule has 0 aliphatic heterocycles. The van der Waals surface area contributed by atoms with E-state index in [1.807, 2.05) is 6.92 Å². The minimum atomic E-state index is -4.64. The van der Waals surface area contributed by atoms with E-state index >= 15 is 0 Å². The molecule has 0 heterocycles. The molecule has 0 radical (unpaired) electrons. The molecule has 0 amide bonds. The molecule has 0 rings (SSSR count). The molecule has 0 saturated carbocycles. The van der Waals surface area contributed by atoms with Gasteiger partial charge in [-0.2, -0.15) is 0 Å². The predicted molar refractivity (Wildman–Crippen MR) is 52.7 cm³/mol. The number of ether oxygens (including phenoxy) is 1. The second-order valence-corrected chi connectivity index (χ2v) is 4.00. The van der Waals surface area contributed by atoms with Gasteiger partial charge in [-0.25, -0.2) is 13.9 Å². The molecule has 0 fully saturated rings. The number of esters is 1. The van der Waals surface area contributed by atoms with E-state index in [1.165, 1.54) is 0 Å². The fourth-order valence-electron chi connectivity index (χ4n) is 0.835. The van der Waals surface area contributed by atoms with Crippen LogP contribution < -0.4 is 0 Å². The van der Waals surface area contributed by atoms with Crippen molar-refractivity contribution in [1.29, 1.82) is 0 Å². The van der Waals surface area contributed by atoms with Crippen LogP contribution in [0.15, 0.2) is 12.7 Å². The van der Waals surface area contributed by atoms with Gasteiger partial charge in [-0.1, -0.05) is 19.9 Å². The summed E-state index contributed by atoms with van der Waals surface area (Å²) in [7, 11) is -4.64. The third kappa shape index (κ3) is 8.32. The van der Waals surface area contributed by atoms with Crippen LogP contribution in [0.2, 0.25) is 0 Å². The zero-order chi connectivity index (χ0) is 11.9. The molecule has 0 aromatic carbocycles. The summed E-state index contributed by atoms with van der Waals surface area (Å²) >= 11 is 0. The molecule has 6 nitrogen and oxygen atoms in total. The van der Waals surface area contributed by atoms with Gasteiger partial charge in [0.15, 0.2) is 0 Å². The molecule has 2 N–H and O–H groups in total. The number of carbonyl (C=O) groups is 1. The number of hydrogen-bond donors (Lipinski definition) is 2. The van der Waals surface area contributed by atoms with Gasteiger partial charge in [0.05, 0.1) is 0 Å². The highest BCUT2D eigenvalue weighted by atomic mass is 31.2. The van der Waals surface area contributed by atoms with E-state index < -0.39 is 20.1 Å². The van der Waals surface area contributed by atoms with Gasteiger partial charge in [-0.15, -0.1) is 0 Å². The standard InChI is InChI=1S/C8H15O6P/c1-3-5-6-8(13-7(9)4-2)14-15(10,11)12/h4,8H,2-3,5-6H2,1H3,(H2,10,11,12). The third-order valence-electron chi connectivity index (χ3n) is 1.46. The average molecular weight is 238 g/mol. The van der Waals surface area contributed by atoms with Gasteiger partial charge in [-0.05, 0) is 6.42 Å². The summed E-state index contributed by atoms with van der Waals surface area (Å²) in [5, 5.41) is 0. The Kier molecular flexibility index (Phi) is 6.43. The Labute approximate surface area is 88.1 Å². The predicted octanol–water partition coefficient (Wildman–Crippen LogP) is 1.34. The Morgan fingerprint density at radius 2 is 2.20 bits per heavy atom. The van der Waals surface area contributed by atoms with E-state index in [0.29, 0.717) is 6.42 Å². The van der Waals surface area contributed by atoms with Gasteiger partial charge >= 0.3 is 13.8 Å². The first-order valence-electron chi connectivity index (χ1n) is 4.46. The summed E-state index contributed by atoms with van der Waals surface area (Å²) in [4.78, 5) is 27.9. The lowest BCUT2D eigenvalue weighted by Crippen LogP contribution is -2.19. The van der Waals surface area contributed by atoms with E-state index in [0.717, 1.165) is 12.5 Å². The van der Waals surface area contributed by atoms with Gasteiger partial charge in [0, 0.05) is 12.5 Å². The number of phosphoric ester groups is 1. The lowest BCUT2D eigenvalue weighted by Gasteiger charge is -2.17. The highest BCUT2D eigenvalue weighted by molar-refractivity contribution is 7.46. The molecule has 0 aromatic heterocycles. The Bertz CT molecular complexity index is 258. The average Bonchev–Trinajstić information content (AvgIpc) is 2.11. The van der Waals surface area contributed by atoms with Crippen molar-refractivity contribution in [2.24, 2.45) is 0 Å². The summed E-state index contributed by atoms with van der Waals surface area (Å²) in [6.45, 7) is 5.06. The monoisotopic (exact) mass is 238 g/mol. The molecule has 88 valence electrons. The van der Waals surface area contributed by atoms with Crippen LogP contribution in [-0.4, -0.2) is 22.0 Å². The Balaban J connectivity index is 4.24. The highest BCUT2D eigenvalue weighted by Crippen LogP contribution is 2.38. The largest absolute Gasteiger partial charge is 0.472 e. The zero-order valence-corrected chi connectivity index (χ0v) is 9.35. The molecule has 0 aliphatic carbocycles. The first-order valence-corrected chi connectivity index (χ1v) is 5.99. The van der Waals surface area contributed by atoms with Crippen molar-refractivity contribution < 1.29 is 28.4 Å². The van der Waals surface area contributed by atoms with Crippen molar-refractivity contribution in [3.05, 3.63) is 12.7 Å². The second-order valence-electron chi connectivity index (χ2n) is 2.81. The van der Waals surface area contributed by atoms with Crippen LogP contribution in [0.1, 0.15) is 26.2 Å². The minimum absolute atomic E-state index is 0.237. The maximum Gasteiger partial charge on any atom is 0.472 e. The molecule has 0 aliphatic rings. The Hall–Kier alpha value is -0.680. The summed E-state index contributed by atoms with van der Waals surface area (Å²) < 4.78 is 19.4. The zero-order valence-electron chi connectivity index (χ0n) is 8.46. The first-order chi connectivity index (χ1) is 6.89. The molecular formula is C8H15O6P. The third-order valence-corrected chi connectivity index (χ3v) is 1.97. The van der Waals surface area contributed by atoms with Crippen molar-refractivity contribution in [2.45, 2.75) is 32.5 Å². The smallest absolute Gasteiger partial charge is 0.432 e. The normalized spacial score (nSPS) is 13.3. The minimum Gasteiger partial charge on any atom is -0.432 e. The van der Waals surface area contributed by atoms with Crippen LogP contribution in [-0.2, 0) is 18.6 Å². The summed E-state index contributed by atoms with van der Waals surface area (Å²) in [6, 6.07) is 0. The van der Waals surface area contributed by atoms with Crippen molar-refractivity contribution in [1.82, 2.24) is 0 Å². The van der Waals surface area contributed by atoms with Gasteiger partial charge in [0.1, 0.15) is 0 Å². The Morgan fingerprint density at radius 3 is 2.60 bits per heavy atom. The quantitative estimate of drug-likeness (QED) is 0.301. The highest BCUT2D eigenvalue weighted by Gasteiger charge is 2.24. The molecule has 15 heavy (non-hydrogen) atoms. The summed E-state index contributed by atoms with van der Waals surface area (Å²) in [6.07, 6.45) is 1.35. The molecule has 0 saturated heterocycles. The molecule has 0 spiro atoms. The van der Waals surface area contributed by atoms with Crippen molar-refractivity contribution >= 4 is 13.8 Å². The van der Waals surface area contributed by atoms with E-state index in [-0.39, 0.29) is 6.42 Å². The molecule has 1 unspecified atom stereocenters. The van der Waals surface area contributed by atoms with Crippen molar-refractivity contribution in [3.63, 3.8) is 0 Å². The molecule has 0 aromatic rings. The lowest BCUT2D eigenvalue weighted by molar-refractivity contribution is -0.160. The first kappa shape index (κ1) is 14.3. The second kappa shape index (κ2) is 6.74. The molecule has 0 bridgehead atoms. The van der Waals surface area contributed by atoms with Gasteiger partial charge < -0.3 is 14.5 Å². The van der Waals surface area contributed by atoms with E-state index in [9.17, 15) is 9.36 Å². The fourth-order valence-corrected chi connectivity index (χ4v) is 1.29.